The molecular weight excluding hydrogens is 608 g/mol. The van der Waals surface area contributed by atoms with E-state index in [4.69, 9.17) is 9.47 Å². The number of rotatable bonds is 8. The first kappa shape index (κ1) is 26.0. The van der Waals surface area contributed by atoms with Crippen LogP contribution in [-0.2, 0) is 17.9 Å². The molecule has 0 N–H and O–H groups in total. The Morgan fingerprint density at radius 2 is 1.75 bits per heavy atom. The number of hydrogen-bond donors (Lipinski definition) is 0. The van der Waals surface area contributed by atoms with E-state index in [1.807, 2.05) is 43.3 Å². The number of ether oxygens (including phenoxy) is 2. The van der Waals surface area contributed by atoms with Crippen molar-refractivity contribution in [3.05, 3.63) is 96.8 Å². The predicted molar refractivity (Wildman–Crippen MR) is 146 cm³/mol. The average Bonchev–Trinajstić information content (AvgIpc) is 3.13. The average molecular weight is 628 g/mol. The number of carbonyl (C=O) groups is 2. The summed E-state index contributed by atoms with van der Waals surface area (Å²) in [5.41, 5.74) is 2.85. The summed E-state index contributed by atoms with van der Waals surface area (Å²) in [7, 11) is 0. The summed E-state index contributed by atoms with van der Waals surface area (Å²) in [6, 6.07) is 20.4. The van der Waals surface area contributed by atoms with Crippen molar-refractivity contribution < 1.29 is 19.1 Å². The molecule has 1 aliphatic rings. The van der Waals surface area contributed by atoms with Crippen LogP contribution in [0.2, 0.25) is 0 Å². The van der Waals surface area contributed by atoms with Crippen molar-refractivity contribution in [3.8, 4) is 17.6 Å². The lowest BCUT2D eigenvalue weighted by molar-refractivity contribution is -0.123. The molecular formula is C27H20Br2N2O4S. The highest BCUT2D eigenvalue weighted by Crippen LogP contribution is 2.39. The van der Waals surface area contributed by atoms with Crippen LogP contribution in [0.15, 0.2) is 74.5 Å². The number of nitriles is 1. The van der Waals surface area contributed by atoms with Crippen molar-refractivity contribution in [2.45, 2.75) is 20.1 Å². The number of amides is 2. The van der Waals surface area contributed by atoms with Gasteiger partial charge in [0.1, 0.15) is 6.61 Å². The molecule has 9 heteroatoms. The summed E-state index contributed by atoms with van der Waals surface area (Å²) in [4.78, 5) is 27.2. The highest BCUT2D eigenvalue weighted by Gasteiger charge is 2.35. The minimum absolute atomic E-state index is 0.199. The molecule has 0 bridgehead atoms. The largest absolute Gasteiger partial charge is 0.490 e. The Kier molecular flexibility index (Phi) is 8.52. The number of carbonyl (C=O) groups excluding carboxylic acids is 2. The van der Waals surface area contributed by atoms with Gasteiger partial charge in [-0.25, -0.2) is 0 Å². The second-order valence-electron chi connectivity index (χ2n) is 7.71. The Morgan fingerprint density at radius 1 is 1.03 bits per heavy atom. The van der Waals surface area contributed by atoms with Crippen molar-refractivity contribution in [1.29, 1.82) is 5.26 Å². The topological polar surface area (TPSA) is 79.6 Å². The Labute approximate surface area is 230 Å². The molecule has 2 amide bonds. The SMILES string of the molecule is CCOc1cc(/C=C2\SC(=O)N(Cc3ccc(Br)cc3)C2=O)c(Br)cc1OCc1ccccc1C#N. The Hall–Kier alpha value is -3.06. The molecule has 182 valence electrons. The minimum atomic E-state index is -0.341. The Bertz CT molecular complexity index is 1380. The zero-order chi connectivity index (χ0) is 25.7. The number of benzene rings is 3. The smallest absolute Gasteiger partial charge is 0.293 e. The van der Waals surface area contributed by atoms with Crippen LogP contribution < -0.4 is 9.47 Å². The first-order valence-electron chi connectivity index (χ1n) is 11.0. The number of nitrogens with zero attached hydrogens (tertiary/aromatic N) is 2. The minimum Gasteiger partial charge on any atom is -0.490 e. The third kappa shape index (κ3) is 6.01. The fourth-order valence-corrected chi connectivity index (χ4v) is 5.03. The van der Waals surface area contributed by atoms with Crippen LogP contribution in [0.5, 0.6) is 11.5 Å². The number of halogens is 2. The van der Waals surface area contributed by atoms with E-state index in [2.05, 4.69) is 37.9 Å². The molecule has 0 aromatic heterocycles. The maximum atomic E-state index is 13.0. The van der Waals surface area contributed by atoms with Gasteiger partial charge in [-0.1, -0.05) is 62.2 Å². The zero-order valence-electron chi connectivity index (χ0n) is 19.2. The van der Waals surface area contributed by atoms with Crippen LogP contribution >= 0.6 is 43.6 Å². The van der Waals surface area contributed by atoms with E-state index < -0.39 is 0 Å². The van der Waals surface area contributed by atoms with Crippen LogP contribution in [0.3, 0.4) is 0 Å². The molecule has 1 heterocycles. The molecule has 36 heavy (non-hydrogen) atoms. The normalized spacial score (nSPS) is 14.3. The highest BCUT2D eigenvalue weighted by molar-refractivity contribution is 9.10. The van der Waals surface area contributed by atoms with Gasteiger partial charge in [0.15, 0.2) is 11.5 Å². The lowest BCUT2D eigenvalue weighted by atomic mass is 10.1. The number of thioether (sulfide) groups is 1. The Morgan fingerprint density at radius 3 is 2.47 bits per heavy atom. The summed E-state index contributed by atoms with van der Waals surface area (Å²) in [6.07, 6.45) is 1.67. The van der Waals surface area contributed by atoms with Crippen LogP contribution in [0.1, 0.15) is 29.2 Å². The van der Waals surface area contributed by atoms with Crippen LogP contribution in [0, 0.1) is 11.3 Å². The molecule has 1 fully saturated rings. The summed E-state index contributed by atoms with van der Waals surface area (Å²) in [5.74, 6) is 0.652. The molecule has 0 spiro atoms. The molecule has 6 nitrogen and oxygen atoms in total. The van der Waals surface area contributed by atoms with Crippen molar-refractivity contribution in [2.24, 2.45) is 0 Å². The van der Waals surface area contributed by atoms with Crippen LogP contribution in [0.25, 0.3) is 6.08 Å². The van der Waals surface area contributed by atoms with Gasteiger partial charge in [0, 0.05) is 14.5 Å². The van der Waals surface area contributed by atoms with E-state index in [0.29, 0.717) is 38.6 Å². The lowest BCUT2D eigenvalue weighted by Crippen LogP contribution is -2.27. The fourth-order valence-electron chi connectivity index (χ4n) is 3.50. The highest BCUT2D eigenvalue weighted by atomic mass is 79.9. The van der Waals surface area contributed by atoms with E-state index in [0.717, 1.165) is 27.4 Å². The molecule has 4 rings (SSSR count). The van der Waals surface area contributed by atoms with Gasteiger partial charge in [0.05, 0.1) is 29.7 Å². The predicted octanol–water partition coefficient (Wildman–Crippen LogP) is 7.30. The van der Waals surface area contributed by atoms with Crippen LogP contribution in [-0.4, -0.2) is 22.7 Å². The van der Waals surface area contributed by atoms with Gasteiger partial charge in [0.2, 0.25) is 0 Å². The maximum Gasteiger partial charge on any atom is 0.293 e. The van der Waals surface area contributed by atoms with Gasteiger partial charge < -0.3 is 9.47 Å². The monoisotopic (exact) mass is 626 g/mol. The zero-order valence-corrected chi connectivity index (χ0v) is 23.2. The van der Waals surface area contributed by atoms with E-state index in [9.17, 15) is 14.9 Å². The van der Waals surface area contributed by atoms with Gasteiger partial charge >= 0.3 is 0 Å². The summed E-state index contributed by atoms with van der Waals surface area (Å²) >= 11 is 7.85. The number of hydrogen-bond acceptors (Lipinski definition) is 6. The van der Waals surface area contributed by atoms with Gasteiger partial charge in [-0.15, -0.1) is 0 Å². The summed E-state index contributed by atoms with van der Waals surface area (Å²) in [6.45, 7) is 2.68. The first-order valence-corrected chi connectivity index (χ1v) is 13.4. The third-order valence-corrected chi connectivity index (χ3v) is 7.42. The fraction of sp³-hybridized carbons (Fsp3) is 0.148. The Balaban J connectivity index is 1.56. The summed E-state index contributed by atoms with van der Waals surface area (Å²) < 4.78 is 13.4. The quantitative estimate of drug-likeness (QED) is 0.244. The number of imide groups is 1. The molecule has 1 saturated heterocycles. The van der Waals surface area contributed by atoms with Crippen molar-refractivity contribution in [2.75, 3.05) is 6.61 Å². The molecule has 1 aliphatic heterocycles. The third-order valence-electron chi connectivity index (χ3n) is 5.30. The van der Waals surface area contributed by atoms with Gasteiger partial charge in [-0.2, -0.15) is 5.26 Å². The van der Waals surface area contributed by atoms with E-state index in [1.54, 1.807) is 30.3 Å². The second-order valence-corrected chi connectivity index (χ2v) is 10.5. The van der Waals surface area contributed by atoms with Crippen molar-refractivity contribution in [3.63, 3.8) is 0 Å². The molecule has 0 unspecified atom stereocenters. The van der Waals surface area contributed by atoms with E-state index in [-0.39, 0.29) is 24.3 Å². The first-order chi connectivity index (χ1) is 17.4. The maximum absolute atomic E-state index is 13.0. The molecule has 3 aromatic carbocycles. The van der Waals surface area contributed by atoms with Crippen molar-refractivity contribution in [1.82, 2.24) is 4.90 Å². The van der Waals surface area contributed by atoms with Gasteiger partial charge in [0.25, 0.3) is 11.1 Å². The van der Waals surface area contributed by atoms with Gasteiger partial charge in [-0.05, 0) is 66.2 Å². The standard InChI is InChI=1S/C27H20Br2N2O4S/c1-2-34-23-11-20(22(29)13-24(23)35-16-19-6-4-3-5-18(19)14-30)12-25-26(32)31(27(33)36-25)15-17-7-9-21(28)10-8-17/h3-13H,2,15-16H2,1H3/b25-12-. The van der Waals surface area contributed by atoms with Crippen LogP contribution in [0.4, 0.5) is 4.79 Å². The molecule has 0 aliphatic carbocycles. The second kappa shape index (κ2) is 11.8. The van der Waals surface area contributed by atoms with Gasteiger partial charge in [-0.3, -0.25) is 14.5 Å². The summed E-state index contributed by atoms with van der Waals surface area (Å²) in [5, 5.41) is 9.01. The van der Waals surface area contributed by atoms with Crippen molar-refractivity contribution >= 4 is 60.8 Å². The molecule has 3 aromatic rings. The van der Waals surface area contributed by atoms with E-state index >= 15 is 0 Å². The van der Waals surface area contributed by atoms with E-state index in [1.165, 1.54) is 4.90 Å². The lowest BCUT2D eigenvalue weighted by Gasteiger charge is -2.15. The molecule has 0 atom stereocenters. The molecule has 0 saturated carbocycles. The molecule has 0 radical (unpaired) electrons.